The Kier molecular flexibility index (Phi) is 2.74. The quantitative estimate of drug-likeness (QED) is 0.695. The van der Waals surface area contributed by atoms with Crippen LogP contribution in [0.5, 0.6) is 0 Å². The molecule has 0 bridgehead atoms. The molecule has 1 spiro atoms. The van der Waals surface area contributed by atoms with Gasteiger partial charge >= 0.3 is 5.97 Å². The second kappa shape index (κ2) is 3.87. The molecule has 0 aromatic heterocycles. The maximum absolute atomic E-state index is 10.9. The molecule has 4 nitrogen and oxygen atoms in total. The number of hydrogen-bond donors (Lipinski definition) is 1. The summed E-state index contributed by atoms with van der Waals surface area (Å²) in [6.45, 7) is 1.40. The lowest BCUT2D eigenvalue weighted by Crippen LogP contribution is -2.45. The van der Waals surface area contributed by atoms with E-state index in [0.29, 0.717) is 19.6 Å². The van der Waals surface area contributed by atoms with Crippen LogP contribution in [-0.2, 0) is 14.3 Å². The van der Waals surface area contributed by atoms with Crippen LogP contribution < -0.4 is 0 Å². The molecule has 0 aromatic rings. The molecule has 80 valence electrons. The molecule has 2 aliphatic rings. The molecular weight excluding hydrogens is 184 g/mol. The standard InChI is InChI=1S/C10H16O4/c11-9(12)8-3-1-4-10(7-8)13-5-2-6-14-10/h8H,1-7H2,(H,11,12). The van der Waals surface area contributed by atoms with Gasteiger partial charge in [0.1, 0.15) is 0 Å². The fourth-order valence-electron chi connectivity index (χ4n) is 2.29. The smallest absolute Gasteiger partial charge is 0.306 e. The summed E-state index contributed by atoms with van der Waals surface area (Å²) < 4.78 is 11.2. The van der Waals surface area contributed by atoms with E-state index in [0.717, 1.165) is 25.7 Å². The molecule has 1 saturated heterocycles. The summed E-state index contributed by atoms with van der Waals surface area (Å²) in [5, 5.41) is 8.94. The highest BCUT2D eigenvalue weighted by molar-refractivity contribution is 5.70. The van der Waals surface area contributed by atoms with Crippen molar-refractivity contribution in [2.24, 2.45) is 5.92 Å². The van der Waals surface area contributed by atoms with Gasteiger partial charge < -0.3 is 14.6 Å². The zero-order valence-corrected chi connectivity index (χ0v) is 8.20. The van der Waals surface area contributed by atoms with Crippen LogP contribution in [0.25, 0.3) is 0 Å². The van der Waals surface area contributed by atoms with E-state index in [1.54, 1.807) is 0 Å². The Hall–Kier alpha value is -0.610. The maximum Gasteiger partial charge on any atom is 0.306 e. The summed E-state index contributed by atoms with van der Waals surface area (Å²) in [5.41, 5.74) is 0. The van der Waals surface area contributed by atoms with Crippen molar-refractivity contribution in [1.82, 2.24) is 0 Å². The van der Waals surface area contributed by atoms with Crippen LogP contribution in [0.2, 0.25) is 0 Å². The van der Waals surface area contributed by atoms with E-state index in [-0.39, 0.29) is 5.92 Å². The zero-order valence-electron chi connectivity index (χ0n) is 8.20. The topological polar surface area (TPSA) is 55.8 Å². The largest absolute Gasteiger partial charge is 0.481 e. The van der Waals surface area contributed by atoms with E-state index in [9.17, 15) is 4.79 Å². The lowest BCUT2D eigenvalue weighted by Gasteiger charge is -2.41. The fourth-order valence-corrected chi connectivity index (χ4v) is 2.29. The van der Waals surface area contributed by atoms with Crippen molar-refractivity contribution in [1.29, 1.82) is 0 Å². The normalized spacial score (nSPS) is 31.6. The Balaban J connectivity index is 2.01. The fraction of sp³-hybridized carbons (Fsp3) is 0.900. The van der Waals surface area contributed by atoms with Gasteiger partial charge in [0.15, 0.2) is 5.79 Å². The van der Waals surface area contributed by atoms with Crippen LogP contribution in [0.15, 0.2) is 0 Å². The maximum atomic E-state index is 10.9. The first kappa shape index (κ1) is 9.93. The molecule has 1 unspecified atom stereocenters. The summed E-state index contributed by atoms with van der Waals surface area (Å²) in [4.78, 5) is 10.9. The summed E-state index contributed by atoms with van der Waals surface area (Å²) >= 11 is 0. The summed E-state index contributed by atoms with van der Waals surface area (Å²) in [6.07, 6.45) is 3.92. The highest BCUT2D eigenvalue weighted by atomic mass is 16.7. The molecule has 1 saturated carbocycles. The van der Waals surface area contributed by atoms with Crippen LogP contribution in [-0.4, -0.2) is 30.1 Å². The molecule has 1 aliphatic carbocycles. The number of ether oxygens (including phenoxy) is 2. The van der Waals surface area contributed by atoms with Crippen LogP contribution >= 0.6 is 0 Å². The van der Waals surface area contributed by atoms with Crippen molar-refractivity contribution in [3.8, 4) is 0 Å². The monoisotopic (exact) mass is 200 g/mol. The summed E-state index contributed by atoms with van der Waals surface area (Å²) in [7, 11) is 0. The molecule has 4 heteroatoms. The van der Waals surface area contributed by atoms with Crippen molar-refractivity contribution in [2.75, 3.05) is 13.2 Å². The Labute approximate surface area is 83.2 Å². The van der Waals surface area contributed by atoms with E-state index in [1.807, 2.05) is 0 Å². The second-order valence-corrected chi connectivity index (χ2v) is 4.09. The van der Waals surface area contributed by atoms with Gasteiger partial charge in [0.25, 0.3) is 0 Å². The average Bonchev–Trinajstić information content (AvgIpc) is 2.19. The number of aliphatic carboxylic acids is 1. The highest BCUT2D eigenvalue weighted by Gasteiger charge is 2.42. The van der Waals surface area contributed by atoms with Gasteiger partial charge in [0.05, 0.1) is 19.1 Å². The Morgan fingerprint density at radius 3 is 2.64 bits per heavy atom. The van der Waals surface area contributed by atoms with Crippen molar-refractivity contribution in [3.63, 3.8) is 0 Å². The van der Waals surface area contributed by atoms with Crippen molar-refractivity contribution < 1.29 is 19.4 Å². The number of carboxylic acid groups (broad SMARTS) is 1. The zero-order chi connectivity index (χ0) is 10.0. The van der Waals surface area contributed by atoms with Gasteiger partial charge in [-0.1, -0.05) is 0 Å². The lowest BCUT2D eigenvalue weighted by atomic mass is 9.84. The molecule has 14 heavy (non-hydrogen) atoms. The van der Waals surface area contributed by atoms with Crippen LogP contribution in [0.4, 0.5) is 0 Å². The minimum Gasteiger partial charge on any atom is -0.481 e. The van der Waals surface area contributed by atoms with Crippen molar-refractivity contribution >= 4 is 5.97 Å². The third-order valence-corrected chi connectivity index (χ3v) is 3.04. The van der Waals surface area contributed by atoms with Gasteiger partial charge in [0, 0.05) is 12.8 Å². The molecule has 1 atom stereocenters. The first-order valence-electron chi connectivity index (χ1n) is 5.23. The first-order valence-corrected chi connectivity index (χ1v) is 5.23. The highest BCUT2D eigenvalue weighted by Crippen LogP contribution is 2.38. The minimum absolute atomic E-state index is 0.290. The van der Waals surface area contributed by atoms with E-state index < -0.39 is 11.8 Å². The van der Waals surface area contributed by atoms with E-state index in [1.165, 1.54) is 0 Å². The molecule has 1 N–H and O–H groups in total. The lowest BCUT2D eigenvalue weighted by molar-refractivity contribution is -0.285. The van der Waals surface area contributed by atoms with Crippen molar-refractivity contribution in [3.05, 3.63) is 0 Å². The van der Waals surface area contributed by atoms with Crippen molar-refractivity contribution in [2.45, 2.75) is 37.9 Å². The third-order valence-electron chi connectivity index (χ3n) is 3.04. The van der Waals surface area contributed by atoms with E-state index in [4.69, 9.17) is 14.6 Å². The summed E-state index contributed by atoms with van der Waals surface area (Å²) in [6, 6.07) is 0. The Morgan fingerprint density at radius 1 is 1.29 bits per heavy atom. The summed E-state index contributed by atoms with van der Waals surface area (Å²) in [5.74, 6) is -1.58. The molecule has 2 rings (SSSR count). The predicted octanol–water partition coefficient (Wildman–Crippen LogP) is 1.39. The Morgan fingerprint density at radius 2 is 2.00 bits per heavy atom. The van der Waals surface area contributed by atoms with Gasteiger partial charge in [-0.05, 0) is 19.3 Å². The number of carbonyl (C=O) groups is 1. The van der Waals surface area contributed by atoms with Gasteiger partial charge in [-0.25, -0.2) is 0 Å². The molecule has 0 aromatic carbocycles. The number of hydrogen-bond acceptors (Lipinski definition) is 3. The second-order valence-electron chi connectivity index (χ2n) is 4.09. The molecule has 0 radical (unpaired) electrons. The van der Waals surface area contributed by atoms with Crippen LogP contribution in [0, 0.1) is 5.92 Å². The number of rotatable bonds is 1. The minimum atomic E-state index is -0.721. The van der Waals surface area contributed by atoms with E-state index in [2.05, 4.69) is 0 Å². The molecular formula is C10H16O4. The first-order chi connectivity index (χ1) is 6.72. The molecule has 1 aliphatic heterocycles. The Bertz CT molecular complexity index is 215. The van der Waals surface area contributed by atoms with Gasteiger partial charge in [-0.2, -0.15) is 0 Å². The van der Waals surface area contributed by atoms with Crippen LogP contribution in [0.1, 0.15) is 32.1 Å². The molecule has 0 amide bonds. The van der Waals surface area contributed by atoms with E-state index >= 15 is 0 Å². The SMILES string of the molecule is O=C(O)C1CCCC2(C1)OCCCO2. The third kappa shape index (κ3) is 1.91. The van der Waals surface area contributed by atoms with Gasteiger partial charge in [-0.3, -0.25) is 4.79 Å². The van der Waals surface area contributed by atoms with Gasteiger partial charge in [0.2, 0.25) is 0 Å². The molecule has 1 heterocycles. The predicted molar refractivity (Wildman–Crippen MR) is 48.8 cm³/mol. The van der Waals surface area contributed by atoms with Gasteiger partial charge in [-0.15, -0.1) is 0 Å². The number of carboxylic acids is 1. The average molecular weight is 200 g/mol. The molecule has 2 fully saturated rings. The van der Waals surface area contributed by atoms with Crippen LogP contribution in [0.3, 0.4) is 0 Å².